The fourth-order valence-corrected chi connectivity index (χ4v) is 2.15. The lowest BCUT2D eigenvalue weighted by molar-refractivity contribution is -0.131. The number of para-hydroxylation sites is 1. The number of nitrogens with zero attached hydrogens (tertiary/aromatic N) is 1. The normalized spacial score (nSPS) is 13.3. The second kappa shape index (κ2) is 7.70. The Kier molecular flexibility index (Phi) is 6.25. The Morgan fingerprint density at radius 3 is 2.70 bits per heavy atom. The van der Waals surface area contributed by atoms with Gasteiger partial charge in [-0.05, 0) is 38.9 Å². The Morgan fingerprint density at radius 2 is 2.10 bits per heavy atom. The van der Waals surface area contributed by atoms with Gasteiger partial charge in [-0.25, -0.2) is 4.79 Å². The van der Waals surface area contributed by atoms with Gasteiger partial charge in [0.25, 0.3) is 0 Å². The van der Waals surface area contributed by atoms with Crippen LogP contribution in [0.15, 0.2) is 35.9 Å². The second-order valence-corrected chi connectivity index (χ2v) is 5.11. The van der Waals surface area contributed by atoms with Gasteiger partial charge in [0.1, 0.15) is 5.75 Å². The Bertz CT molecular complexity index is 482. The summed E-state index contributed by atoms with van der Waals surface area (Å²) in [4.78, 5) is 12.8. The van der Waals surface area contributed by atoms with Crippen LogP contribution in [0.5, 0.6) is 5.75 Å². The average Bonchev–Trinajstić information content (AvgIpc) is 2.38. The van der Waals surface area contributed by atoms with E-state index in [0.29, 0.717) is 12.6 Å². The number of ether oxygens (including phenoxy) is 1. The molecule has 0 amide bonds. The van der Waals surface area contributed by atoms with Gasteiger partial charge in [0, 0.05) is 18.7 Å². The minimum absolute atomic E-state index is 0.295. The van der Waals surface area contributed by atoms with E-state index in [4.69, 9.17) is 9.84 Å². The molecule has 0 radical (unpaired) electrons. The molecule has 0 saturated carbocycles. The summed E-state index contributed by atoms with van der Waals surface area (Å²) in [5.41, 5.74) is 2.00. The predicted octanol–water partition coefficient (Wildman–Crippen LogP) is 2.59. The molecule has 1 atom stereocenters. The van der Waals surface area contributed by atoms with Crippen molar-refractivity contribution in [1.82, 2.24) is 4.90 Å². The first-order chi connectivity index (χ1) is 9.43. The van der Waals surface area contributed by atoms with Crippen LogP contribution in [0.1, 0.15) is 19.4 Å². The third-order valence-electron chi connectivity index (χ3n) is 3.33. The number of rotatable bonds is 7. The summed E-state index contributed by atoms with van der Waals surface area (Å²) in [7, 11) is 3.67. The molecular formula is C16H23NO3. The number of hydrogen-bond acceptors (Lipinski definition) is 3. The zero-order valence-corrected chi connectivity index (χ0v) is 12.6. The lowest BCUT2D eigenvalue weighted by Crippen LogP contribution is -2.32. The first-order valence-electron chi connectivity index (χ1n) is 6.66. The van der Waals surface area contributed by atoms with E-state index in [2.05, 4.69) is 17.9 Å². The van der Waals surface area contributed by atoms with Crippen LogP contribution in [-0.2, 0) is 11.2 Å². The molecule has 1 N–H and O–H groups in total. The minimum Gasteiger partial charge on any atom is -0.496 e. The molecule has 1 aromatic carbocycles. The van der Waals surface area contributed by atoms with Crippen molar-refractivity contribution in [2.24, 2.45) is 0 Å². The first-order valence-corrected chi connectivity index (χ1v) is 6.66. The van der Waals surface area contributed by atoms with E-state index < -0.39 is 5.97 Å². The van der Waals surface area contributed by atoms with E-state index in [9.17, 15) is 4.79 Å². The van der Waals surface area contributed by atoms with Gasteiger partial charge in [-0.15, -0.1) is 0 Å². The minimum atomic E-state index is -0.895. The van der Waals surface area contributed by atoms with E-state index >= 15 is 0 Å². The van der Waals surface area contributed by atoms with Gasteiger partial charge >= 0.3 is 5.97 Å². The molecule has 0 spiro atoms. The maximum Gasteiger partial charge on any atom is 0.328 e. The van der Waals surface area contributed by atoms with Crippen molar-refractivity contribution in [3.8, 4) is 5.75 Å². The molecule has 110 valence electrons. The molecule has 1 rings (SSSR count). The summed E-state index contributed by atoms with van der Waals surface area (Å²) in [5, 5.41) is 8.73. The van der Waals surface area contributed by atoms with Gasteiger partial charge in [-0.1, -0.05) is 23.8 Å². The van der Waals surface area contributed by atoms with Crippen LogP contribution in [0.3, 0.4) is 0 Å². The SMILES string of the molecule is COc1ccccc1CC(C)N(C)CC(C)=CC(=O)O. The topological polar surface area (TPSA) is 49.8 Å². The van der Waals surface area contributed by atoms with Crippen molar-refractivity contribution < 1.29 is 14.6 Å². The highest BCUT2D eigenvalue weighted by Gasteiger charge is 2.13. The largest absolute Gasteiger partial charge is 0.496 e. The number of carbonyl (C=O) groups is 1. The number of carboxylic acid groups (broad SMARTS) is 1. The Balaban J connectivity index is 2.66. The number of benzene rings is 1. The summed E-state index contributed by atoms with van der Waals surface area (Å²) >= 11 is 0. The number of hydrogen-bond donors (Lipinski definition) is 1. The van der Waals surface area contributed by atoms with Crippen molar-refractivity contribution in [2.75, 3.05) is 20.7 Å². The fraction of sp³-hybridized carbons (Fsp3) is 0.438. The van der Waals surface area contributed by atoms with Crippen LogP contribution in [0.25, 0.3) is 0 Å². The number of aliphatic carboxylic acids is 1. The zero-order chi connectivity index (χ0) is 15.1. The maximum absolute atomic E-state index is 10.6. The van der Waals surface area contributed by atoms with E-state index in [1.807, 2.05) is 32.2 Å². The lowest BCUT2D eigenvalue weighted by Gasteiger charge is -2.25. The van der Waals surface area contributed by atoms with Crippen LogP contribution >= 0.6 is 0 Å². The number of likely N-dealkylation sites (N-methyl/N-ethyl adjacent to an activating group) is 1. The molecule has 1 aromatic rings. The highest BCUT2D eigenvalue weighted by Crippen LogP contribution is 2.20. The molecule has 0 saturated heterocycles. The van der Waals surface area contributed by atoms with E-state index in [1.165, 1.54) is 6.08 Å². The molecule has 0 aliphatic heterocycles. The van der Waals surface area contributed by atoms with Gasteiger partial charge in [-0.2, -0.15) is 0 Å². The summed E-state index contributed by atoms with van der Waals surface area (Å²) in [6, 6.07) is 8.26. The summed E-state index contributed by atoms with van der Waals surface area (Å²) in [6.07, 6.45) is 2.12. The standard InChI is InChI=1S/C16H23NO3/c1-12(9-16(18)19)11-17(3)13(2)10-14-7-5-6-8-15(14)20-4/h5-9,13H,10-11H2,1-4H3,(H,18,19). The van der Waals surface area contributed by atoms with Gasteiger partial charge in [0.15, 0.2) is 0 Å². The van der Waals surface area contributed by atoms with Gasteiger partial charge in [-0.3, -0.25) is 4.90 Å². The summed E-state index contributed by atoms with van der Waals surface area (Å²) in [5.74, 6) is -0.00108. The summed E-state index contributed by atoms with van der Waals surface area (Å²) in [6.45, 7) is 4.60. The highest BCUT2D eigenvalue weighted by atomic mass is 16.5. The first kappa shape index (κ1) is 16.2. The van der Waals surface area contributed by atoms with Gasteiger partial charge < -0.3 is 9.84 Å². The Labute approximate surface area is 120 Å². The van der Waals surface area contributed by atoms with E-state index in [0.717, 1.165) is 23.3 Å². The molecule has 0 fully saturated rings. The van der Waals surface area contributed by atoms with Crippen LogP contribution in [0.4, 0.5) is 0 Å². The molecule has 4 heteroatoms. The molecule has 0 heterocycles. The quantitative estimate of drug-likeness (QED) is 0.778. The molecule has 4 nitrogen and oxygen atoms in total. The Morgan fingerprint density at radius 1 is 1.45 bits per heavy atom. The van der Waals surface area contributed by atoms with Crippen LogP contribution in [-0.4, -0.2) is 42.7 Å². The monoisotopic (exact) mass is 277 g/mol. The smallest absolute Gasteiger partial charge is 0.328 e. The van der Waals surface area contributed by atoms with Gasteiger partial charge in [0.05, 0.1) is 7.11 Å². The number of methoxy groups -OCH3 is 1. The van der Waals surface area contributed by atoms with E-state index in [1.54, 1.807) is 7.11 Å². The molecule has 1 unspecified atom stereocenters. The molecule has 20 heavy (non-hydrogen) atoms. The zero-order valence-electron chi connectivity index (χ0n) is 12.6. The van der Waals surface area contributed by atoms with Crippen LogP contribution in [0.2, 0.25) is 0 Å². The van der Waals surface area contributed by atoms with Crippen LogP contribution < -0.4 is 4.74 Å². The fourth-order valence-electron chi connectivity index (χ4n) is 2.15. The number of carboxylic acids is 1. The van der Waals surface area contributed by atoms with Crippen LogP contribution in [0, 0.1) is 0 Å². The van der Waals surface area contributed by atoms with E-state index in [-0.39, 0.29) is 0 Å². The lowest BCUT2D eigenvalue weighted by atomic mass is 10.0. The predicted molar refractivity (Wildman–Crippen MR) is 80.2 cm³/mol. The van der Waals surface area contributed by atoms with Crippen molar-refractivity contribution in [3.63, 3.8) is 0 Å². The molecule has 0 aromatic heterocycles. The maximum atomic E-state index is 10.6. The molecular weight excluding hydrogens is 254 g/mol. The van der Waals surface area contributed by atoms with Crippen molar-refractivity contribution in [2.45, 2.75) is 26.3 Å². The average molecular weight is 277 g/mol. The Hall–Kier alpha value is -1.81. The molecule has 0 aliphatic carbocycles. The summed E-state index contributed by atoms with van der Waals surface area (Å²) < 4.78 is 5.35. The van der Waals surface area contributed by atoms with Crippen molar-refractivity contribution in [1.29, 1.82) is 0 Å². The third-order valence-corrected chi connectivity index (χ3v) is 3.33. The van der Waals surface area contributed by atoms with Crippen molar-refractivity contribution >= 4 is 5.97 Å². The highest BCUT2D eigenvalue weighted by molar-refractivity contribution is 5.80. The molecule has 0 aliphatic rings. The molecule has 0 bridgehead atoms. The second-order valence-electron chi connectivity index (χ2n) is 5.11. The van der Waals surface area contributed by atoms with Crippen molar-refractivity contribution in [3.05, 3.63) is 41.5 Å². The van der Waals surface area contributed by atoms with Gasteiger partial charge in [0.2, 0.25) is 0 Å². The third kappa shape index (κ3) is 5.05.